The van der Waals surface area contributed by atoms with Crippen molar-refractivity contribution < 1.29 is 25.2 Å². The molecule has 25 heavy (non-hydrogen) atoms. The molecule has 5 nitrogen and oxygen atoms in total. The second kappa shape index (κ2) is 5.93. The number of carbonyl (C=O) groups is 1. The Bertz CT molecular complexity index is 541. The van der Waals surface area contributed by atoms with Gasteiger partial charge in [-0.25, -0.2) is 0 Å². The lowest BCUT2D eigenvalue weighted by molar-refractivity contribution is -0.242. The molecule has 4 aliphatic rings. The minimum absolute atomic E-state index is 0.0266. The summed E-state index contributed by atoms with van der Waals surface area (Å²) in [5.74, 6) is -0.357. The van der Waals surface area contributed by atoms with Crippen molar-refractivity contribution >= 4 is 5.97 Å². The van der Waals surface area contributed by atoms with Crippen molar-refractivity contribution in [2.24, 2.45) is 28.6 Å². The van der Waals surface area contributed by atoms with Gasteiger partial charge in [-0.2, -0.15) is 0 Å². The van der Waals surface area contributed by atoms with E-state index in [0.29, 0.717) is 18.8 Å². The number of aliphatic carboxylic acids is 1. The molecule has 1 spiro atoms. The molecule has 4 fully saturated rings. The third-order valence-corrected chi connectivity index (χ3v) is 8.20. The van der Waals surface area contributed by atoms with Gasteiger partial charge in [0.2, 0.25) is 0 Å². The van der Waals surface area contributed by atoms with Crippen LogP contribution in [0.3, 0.4) is 0 Å². The smallest absolute Gasteiger partial charge is 0.303 e. The number of hydrogen-bond acceptors (Lipinski definition) is 4. The molecule has 144 valence electrons. The molecule has 6 atom stereocenters. The Labute approximate surface area is 150 Å². The van der Waals surface area contributed by atoms with Crippen LogP contribution in [-0.2, 0) is 4.79 Å². The van der Waals surface area contributed by atoms with Crippen LogP contribution in [0.5, 0.6) is 0 Å². The standard InChI is InChI=1S/C20H34O5/c1-17(2,24)14-5-9-19-8-4-13(20(25,11-19)12-21)10-15(19)18(14,3)7-6-16(22)23/h13-15,21,24-25H,4-12H2,1-3H3,(H,22,23). The Morgan fingerprint density at radius 3 is 2.44 bits per heavy atom. The van der Waals surface area contributed by atoms with Gasteiger partial charge in [0.15, 0.2) is 0 Å². The van der Waals surface area contributed by atoms with Crippen LogP contribution in [0.2, 0.25) is 0 Å². The fourth-order valence-corrected chi connectivity index (χ4v) is 7.17. The van der Waals surface area contributed by atoms with Gasteiger partial charge in [0.05, 0.1) is 17.8 Å². The first-order valence-corrected chi connectivity index (χ1v) is 9.74. The van der Waals surface area contributed by atoms with Crippen molar-refractivity contribution in [2.75, 3.05) is 6.61 Å². The first kappa shape index (κ1) is 19.1. The minimum atomic E-state index is -0.982. The SMILES string of the molecule is CC(C)(O)C1CCC23CCC(CC2C1(C)CCC(=O)O)C(O)(CO)C3. The summed E-state index contributed by atoms with van der Waals surface area (Å²) in [6.45, 7) is 5.68. The van der Waals surface area contributed by atoms with E-state index in [4.69, 9.17) is 0 Å². The molecule has 4 rings (SSSR count). The van der Waals surface area contributed by atoms with Gasteiger partial charge < -0.3 is 20.4 Å². The van der Waals surface area contributed by atoms with E-state index in [1.165, 1.54) is 0 Å². The van der Waals surface area contributed by atoms with Crippen LogP contribution in [0.15, 0.2) is 0 Å². The molecule has 0 radical (unpaired) electrons. The predicted octanol–water partition coefficient (Wildman–Crippen LogP) is 2.57. The van der Waals surface area contributed by atoms with Crippen molar-refractivity contribution in [3.05, 3.63) is 0 Å². The first-order valence-electron chi connectivity index (χ1n) is 9.74. The van der Waals surface area contributed by atoms with Gasteiger partial charge in [0.25, 0.3) is 0 Å². The Morgan fingerprint density at radius 1 is 1.24 bits per heavy atom. The third kappa shape index (κ3) is 2.92. The van der Waals surface area contributed by atoms with E-state index in [1.54, 1.807) is 0 Å². The normalized spacial score (nSPS) is 46.7. The molecule has 0 heterocycles. The van der Waals surface area contributed by atoms with Gasteiger partial charge in [-0.05, 0) is 87.4 Å². The summed E-state index contributed by atoms with van der Waals surface area (Å²) in [6, 6.07) is 0. The second-order valence-electron chi connectivity index (χ2n) is 9.97. The fraction of sp³-hybridized carbons (Fsp3) is 0.950. The van der Waals surface area contributed by atoms with Gasteiger partial charge in [-0.15, -0.1) is 0 Å². The summed E-state index contributed by atoms with van der Waals surface area (Å²) in [4.78, 5) is 11.3. The van der Waals surface area contributed by atoms with Crippen LogP contribution in [0.4, 0.5) is 0 Å². The number of aliphatic hydroxyl groups excluding tert-OH is 1. The maximum Gasteiger partial charge on any atom is 0.303 e. The quantitative estimate of drug-likeness (QED) is 0.608. The van der Waals surface area contributed by atoms with Crippen LogP contribution in [0.25, 0.3) is 0 Å². The number of rotatable bonds is 5. The zero-order chi connectivity index (χ0) is 18.7. The Kier molecular flexibility index (Phi) is 4.54. The van der Waals surface area contributed by atoms with Crippen molar-refractivity contribution in [1.29, 1.82) is 0 Å². The van der Waals surface area contributed by atoms with Gasteiger partial charge in [-0.1, -0.05) is 6.92 Å². The monoisotopic (exact) mass is 354 g/mol. The largest absolute Gasteiger partial charge is 0.481 e. The van der Waals surface area contributed by atoms with Crippen LogP contribution in [-0.4, -0.2) is 44.2 Å². The van der Waals surface area contributed by atoms with E-state index in [1.807, 2.05) is 13.8 Å². The highest BCUT2D eigenvalue weighted by Crippen LogP contribution is 2.70. The molecule has 0 aromatic rings. The predicted molar refractivity (Wildman–Crippen MR) is 93.9 cm³/mol. The lowest BCUT2D eigenvalue weighted by Crippen LogP contribution is -2.65. The maximum absolute atomic E-state index is 11.3. The summed E-state index contributed by atoms with van der Waals surface area (Å²) in [6.07, 6.45) is 5.92. The van der Waals surface area contributed by atoms with Crippen molar-refractivity contribution in [2.45, 2.75) is 83.3 Å². The van der Waals surface area contributed by atoms with Crippen LogP contribution < -0.4 is 0 Å². The summed E-state index contributed by atoms with van der Waals surface area (Å²) in [7, 11) is 0. The van der Waals surface area contributed by atoms with Gasteiger partial charge >= 0.3 is 5.97 Å². The third-order valence-electron chi connectivity index (χ3n) is 8.20. The number of hydrogen-bond donors (Lipinski definition) is 4. The molecule has 0 aromatic heterocycles. The second-order valence-corrected chi connectivity index (χ2v) is 9.97. The number of aliphatic hydroxyl groups is 3. The first-order chi connectivity index (χ1) is 11.5. The van der Waals surface area contributed by atoms with Crippen molar-refractivity contribution in [3.63, 3.8) is 0 Å². The highest BCUT2D eigenvalue weighted by Gasteiger charge is 2.65. The van der Waals surface area contributed by atoms with Gasteiger partial charge in [-0.3, -0.25) is 4.79 Å². The lowest BCUT2D eigenvalue weighted by Gasteiger charge is -2.68. The maximum atomic E-state index is 11.3. The number of carboxylic acid groups (broad SMARTS) is 1. The van der Waals surface area contributed by atoms with E-state index in [2.05, 4.69) is 6.92 Å². The summed E-state index contributed by atoms with van der Waals surface area (Å²) >= 11 is 0. The van der Waals surface area contributed by atoms with E-state index in [-0.39, 0.29) is 35.7 Å². The molecule has 2 bridgehead atoms. The van der Waals surface area contributed by atoms with E-state index < -0.39 is 17.2 Å². The summed E-state index contributed by atoms with van der Waals surface area (Å²) < 4.78 is 0. The van der Waals surface area contributed by atoms with Crippen LogP contribution >= 0.6 is 0 Å². The van der Waals surface area contributed by atoms with Gasteiger partial charge in [0, 0.05) is 6.42 Å². The molecule has 0 aromatic carbocycles. The molecule has 4 aliphatic carbocycles. The molecule has 0 saturated heterocycles. The van der Waals surface area contributed by atoms with Crippen LogP contribution in [0, 0.1) is 28.6 Å². The average Bonchev–Trinajstić information content (AvgIpc) is 2.51. The summed E-state index contributed by atoms with van der Waals surface area (Å²) in [5, 5.41) is 40.8. The molecule has 4 N–H and O–H groups in total. The van der Waals surface area contributed by atoms with Crippen LogP contribution in [0.1, 0.15) is 72.1 Å². The highest BCUT2D eigenvalue weighted by atomic mass is 16.4. The fourth-order valence-electron chi connectivity index (χ4n) is 7.17. The molecule has 0 amide bonds. The zero-order valence-electron chi connectivity index (χ0n) is 15.8. The number of carboxylic acids is 1. The highest BCUT2D eigenvalue weighted by molar-refractivity contribution is 5.66. The Balaban J connectivity index is 1.98. The zero-order valence-corrected chi connectivity index (χ0v) is 15.8. The molecule has 4 saturated carbocycles. The Hall–Kier alpha value is -0.650. The van der Waals surface area contributed by atoms with E-state index in [0.717, 1.165) is 32.1 Å². The van der Waals surface area contributed by atoms with E-state index in [9.17, 15) is 25.2 Å². The lowest BCUT2D eigenvalue weighted by atomic mass is 9.38. The minimum Gasteiger partial charge on any atom is -0.481 e. The molecular weight excluding hydrogens is 320 g/mol. The average molecular weight is 354 g/mol. The topological polar surface area (TPSA) is 98.0 Å². The van der Waals surface area contributed by atoms with E-state index >= 15 is 0 Å². The number of fused-ring (bicyclic) bond motifs is 2. The molecule has 6 unspecified atom stereocenters. The Morgan fingerprint density at radius 2 is 1.88 bits per heavy atom. The van der Waals surface area contributed by atoms with Crippen molar-refractivity contribution in [1.82, 2.24) is 0 Å². The molecule has 5 heteroatoms. The molecule has 0 aliphatic heterocycles. The molecular formula is C20H34O5. The summed E-state index contributed by atoms with van der Waals surface area (Å²) in [5.41, 5.74) is -2.12. The van der Waals surface area contributed by atoms with Gasteiger partial charge in [0.1, 0.15) is 0 Å². The van der Waals surface area contributed by atoms with Crippen molar-refractivity contribution in [3.8, 4) is 0 Å².